The van der Waals surface area contributed by atoms with Crippen LogP contribution in [0.15, 0.2) is 103 Å². The van der Waals surface area contributed by atoms with Crippen LogP contribution in [0, 0.1) is 6.92 Å². The molecular weight excluding hydrogens is 492 g/mol. The van der Waals surface area contributed by atoms with Crippen LogP contribution < -0.4 is 5.32 Å². The molecule has 40 heavy (non-hydrogen) atoms. The maximum Gasteiger partial charge on any atom is 0.338 e. The Morgan fingerprint density at radius 2 is 1.65 bits per heavy atom. The van der Waals surface area contributed by atoms with E-state index in [1.807, 2.05) is 43.5 Å². The molecule has 0 spiro atoms. The monoisotopic (exact) mass is 526 g/mol. The van der Waals surface area contributed by atoms with Crippen molar-refractivity contribution in [3.63, 3.8) is 0 Å². The zero-order valence-electron chi connectivity index (χ0n) is 23.1. The third-order valence-electron chi connectivity index (χ3n) is 7.87. The highest BCUT2D eigenvalue weighted by Crippen LogP contribution is 2.33. The number of ether oxygens (including phenoxy) is 1. The molecule has 200 valence electrons. The van der Waals surface area contributed by atoms with E-state index in [1.54, 1.807) is 0 Å². The predicted octanol–water partition coefficient (Wildman–Crippen LogP) is 8.63. The Morgan fingerprint density at radius 3 is 2.48 bits per heavy atom. The topological polar surface area (TPSA) is 51.2 Å². The van der Waals surface area contributed by atoms with Gasteiger partial charge < -0.3 is 10.1 Å². The molecule has 4 heteroatoms. The average molecular weight is 527 g/mol. The van der Waals surface area contributed by atoms with E-state index in [1.165, 1.54) is 27.5 Å². The van der Waals surface area contributed by atoms with Crippen LogP contribution in [-0.2, 0) is 4.74 Å². The molecule has 1 atom stereocenters. The van der Waals surface area contributed by atoms with Crippen LogP contribution in [-0.4, -0.2) is 17.1 Å². The highest BCUT2D eigenvalue weighted by atomic mass is 16.5. The molecule has 1 aliphatic heterocycles. The quantitative estimate of drug-likeness (QED) is 0.209. The predicted molar refractivity (Wildman–Crippen MR) is 163 cm³/mol. The van der Waals surface area contributed by atoms with Gasteiger partial charge in [0.25, 0.3) is 0 Å². The first-order chi connectivity index (χ1) is 19.5. The van der Waals surface area contributed by atoms with Crippen molar-refractivity contribution in [1.82, 2.24) is 10.3 Å². The number of carbonyl (C=O) groups is 1. The first-order valence-corrected chi connectivity index (χ1v) is 14.1. The fourth-order valence-electron chi connectivity index (χ4n) is 5.58. The van der Waals surface area contributed by atoms with Crippen molar-refractivity contribution in [2.24, 2.45) is 0 Å². The largest absolute Gasteiger partial charge is 0.459 e. The minimum Gasteiger partial charge on any atom is -0.459 e. The van der Waals surface area contributed by atoms with Gasteiger partial charge in [0.05, 0.1) is 17.0 Å². The summed E-state index contributed by atoms with van der Waals surface area (Å²) >= 11 is 0. The molecule has 3 aromatic carbocycles. The zero-order valence-corrected chi connectivity index (χ0v) is 23.1. The molecule has 1 aromatic heterocycles. The lowest BCUT2D eigenvalue weighted by atomic mass is 9.93. The Bertz CT molecular complexity index is 1660. The minimum atomic E-state index is -0.235. The summed E-state index contributed by atoms with van der Waals surface area (Å²) in [5.74, 6) is -0.235. The highest BCUT2D eigenvalue weighted by Gasteiger charge is 2.18. The molecule has 4 aromatic rings. The molecule has 1 aliphatic carbocycles. The number of benzene rings is 3. The molecule has 6 rings (SSSR count). The van der Waals surface area contributed by atoms with Crippen molar-refractivity contribution < 1.29 is 9.53 Å². The zero-order chi connectivity index (χ0) is 27.5. The van der Waals surface area contributed by atoms with E-state index >= 15 is 0 Å². The van der Waals surface area contributed by atoms with Crippen LogP contribution in [0.2, 0.25) is 0 Å². The molecule has 0 unspecified atom stereocenters. The molecule has 4 nitrogen and oxygen atoms in total. The highest BCUT2D eigenvalue weighted by molar-refractivity contribution is 5.96. The van der Waals surface area contributed by atoms with Crippen molar-refractivity contribution >= 4 is 28.0 Å². The number of hydrogen-bond acceptors (Lipinski definition) is 4. The van der Waals surface area contributed by atoms with Crippen molar-refractivity contribution in [3.8, 4) is 11.1 Å². The van der Waals surface area contributed by atoms with Crippen LogP contribution in [0.5, 0.6) is 0 Å². The summed E-state index contributed by atoms with van der Waals surface area (Å²) in [6.07, 6.45) is 11.0. The summed E-state index contributed by atoms with van der Waals surface area (Å²) in [4.78, 5) is 17.6. The fraction of sp³-hybridized carbons (Fsp3) is 0.222. The van der Waals surface area contributed by atoms with Crippen molar-refractivity contribution in [2.45, 2.75) is 52.1 Å². The van der Waals surface area contributed by atoms with Gasteiger partial charge in [-0.1, -0.05) is 60.2 Å². The molecule has 0 saturated heterocycles. The standard InChI is InChI=1S/C36H34N2O2/c1-24-6-3-8-32(20-11-24)40-36(39)28-16-12-26(13-17-28)29-18-14-27-15-19-30(23-31(27)22-29)33-9-5-21-37-35(33)34-10-4-7-25(2)38-34/h4-7,10,12-19,21-23,32,37H,3,8-9,11,20H2,1-2H3/t32-/m1/s1. The number of allylic oxidation sites excluding steroid dienone is 4. The van der Waals surface area contributed by atoms with E-state index < -0.39 is 0 Å². The fourth-order valence-corrected chi connectivity index (χ4v) is 5.58. The smallest absolute Gasteiger partial charge is 0.338 e. The third-order valence-corrected chi connectivity index (χ3v) is 7.87. The summed E-state index contributed by atoms with van der Waals surface area (Å²) in [6, 6.07) is 27.1. The molecule has 0 bridgehead atoms. The number of rotatable bonds is 5. The second-order valence-corrected chi connectivity index (χ2v) is 10.8. The second-order valence-electron chi connectivity index (χ2n) is 10.8. The lowest BCUT2D eigenvalue weighted by Gasteiger charge is -2.19. The maximum absolute atomic E-state index is 12.8. The number of aromatic nitrogens is 1. The van der Waals surface area contributed by atoms with Gasteiger partial charge in [0.15, 0.2) is 0 Å². The summed E-state index contributed by atoms with van der Waals surface area (Å²) in [7, 11) is 0. The number of hydrogen-bond donors (Lipinski definition) is 1. The molecule has 0 saturated carbocycles. The lowest BCUT2D eigenvalue weighted by molar-refractivity contribution is 0.0269. The molecule has 0 radical (unpaired) electrons. The Hall–Kier alpha value is -4.44. The minimum absolute atomic E-state index is 0.0114. The lowest BCUT2D eigenvalue weighted by Crippen LogP contribution is -2.17. The van der Waals surface area contributed by atoms with Crippen molar-refractivity contribution in [3.05, 3.63) is 125 Å². The molecular formula is C36H34N2O2. The average Bonchev–Trinajstić information content (AvgIpc) is 3.20. The molecule has 2 aliphatic rings. The Morgan fingerprint density at radius 1 is 0.875 bits per heavy atom. The normalized spacial score (nSPS) is 17.2. The number of esters is 1. The summed E-state index contributed by atoms with van der Waals surface area (Å²) < 4.78 is 5.84. The van der Waals surface area contributed by atoms with Gasteiger partial charge in [-0.2, -0.15) is 0 Å². The summed E-state index contributed by atoms with van der Waals surface area (Å²) in [6.45, 7) is 4.17. The van der Waals surface area contributed by atoms with Crippen molar-refractivity contribution in [1.29, 1.82) is 0 Å². The second kappa shape index (κ2) is 11.4. The van der Waals surface area contributed by atoms with Crippen LogP contribution >= 0.6 is 0 Å². The molecule has 2 heterocycles. The molecule has 1 N–H and O–H groups in total. The third kappa shape index (κ3) is 5.62. The van der Waals surface area contributed by atoms with Gasteiger partial charge in [0.1, 0.15) is 6.10 Å². The van der Waals surface area contributed by atoms with Gasteiger partial charge in [-0.3, -0.25) is 4.98 Å². The van der Waals surface area contributed by atoms with E-state index in [2.05, 4.69) is 72.9 Å². The number of carbonyl (C=O) groups excluding carboxylic acids is 1. The number of nitrogens with one attached hydrogen (secondary N) is 1. The van der Waals surface area contributed by atoms with Gasteiger partial charge in [0.2, 0.25) is 0 Å². The first-order valence-electron chi connectivity index (χ1n) is 14.1. The summed E-state index contributed by atoms with van der Waals surface area (Å²) in [5, 5.41) is 5.80. The number of fused-ring (bicyclic) bond motifs is 1. The maximum atomic E-state index is 12.8. The Balaban J connectivity index is 1.24. The van der Waals surface area contributed by atoms with Crippen LogP contribution in [0.4, 0.5) is 0 Å². The van der Waals surface area contributed by atoms with E-state index in [0.717, 1.165) is 60.3 Å². The molecule has 0 fully saturated rings. The van der Waals surface area contributed by atoms with Gasteiger partial charge in [-0.25, -0.2) is 4.79 Å². The van der Waals surface area contributed by atoms with E-state index in [4.69, 9.17) is 9.72 Å². The number of dihydropyridines is 1. The Kier molecular flexibility index (Phi) is 7.33. The number of pyridine rings is 1. The van der Waals surface area contributed by atoms with Crippen LogP contribution in [0.25, 0.3) is 33.2 Å². The van der Waals surface area contributed by atoms with E-state index in [9.17, 15) is 4.79 Å². The van der Waals surface area contributed by atoms with Crippen LogP contribution in [0.3, 0.4) is 0 Å². The number of aryl methyl sites for hydroxylation is 1. The van der Waals surface area contributed by atoms with Gasteiger partial charge in [0, 0.05) is 5.69 Å². The SMILES string of the molecule is CC1=CCC[C@@H](OC(=O)c2ccc(-c3ccc4ccc(C5=C(c6cccc(C)n6)NC=CC5)cc4c3)cc2)CC1. The van der Waals surface area contributed by atoms with Gasteiger partial charge in [-0.15, -0.1) is 0 Å². The molecule has 0 amide bonds. The van der Waals surface area contributed by atoms with Crippen molar-refractivity contribution in [2.75, 3.05) is 0 Å². The number of nitrogens with zero attached hydrogens (tertiary/aromatic N) is 1. The van der Waals surface area contributed by atoms with Gasteiger partial charge in [-0.05, 0) is 122 Å². The Labute approximate surface area is 236 Å². The van der Waals surface area contributed by atoms with E-state index in [-0.39, 0.29) is 12.1 Å². The van der Waals surface area contributed by atoms with Gasteiger partial charge >= 0.3 is 5.97 Å². The van der Waals surface area contributed by atoms with E-state index in [0.29, 0.717) is 5.56 Å². The van der Waals surface area contributed by atoms with Crippen LogP contribution in [0.1, 0.15) is 66.3 Å². The summed E-state index contributed by atoms with van der Waals surface area (Å²) in [5.41, 5.74) is 9.60. The first kappa shape index (κ1) is 25.8.